The average Bonchev–Trinajstić information content (AvgIpc) is 2.97. The number of nitrogens with zero attached hydrogens (tertiary/aromatic N) is 3. The molecule has 1 saturated carbocycles. The highest BCUT2D eigenvalue weighted by atomic mass is 127. The van der Waals surface area contributed by atoms with Crippen molar-refractivity contribution < 1.29 is 9.59 Å². The minimum Gasteiger partial charge on any atom is -0.352 e. The summed E-state index contributed by atoms with van der Waals surface area (Å²) in [7, 11) is 3.48. The molecule has 2 fully saturated rings. The fourth-order valence-electron chi connectivity index (χ4n) is 3.92. The first kappa shape index (κ1) is 24.0. The van der Waals surface area contributed by atoms with Crippen LogP contribution in [0.5, 0.6) is 0 Å². The molecule has 0 bridgehead atoms. The van der Waals surface area contributed by atoms with Crippen LogP contribution in [0.15, 0.2) is 4.99 Å². The Balaban J connectivity index is 0.00000364. The Hall–Kier alpha value is -1.06. The Kier molecular flexibility index (Phi) is 9.83. The van der Waals surface area contributed by atoms with Gasteiger partial charge in [0.05, 0.1) is 6.54 Å². The maximum Gasteiger partial charge on any atom is 0.242 e. The van der Waals surface area contributed by atoms with E-state index in [0.29, 0.717) is 11.4 Å². The van der Waals surface area contributed by atoms with Crippen LogP contribution in [-0.4, -0.2) is 73.9 Å². The molecule has 7 nitrogen and oxygen atoms in total. The average molecular weight is 493 g/mol. The molecule has 2 rings (SSSR count). The van der Waals surface area contributed by atoms with Crippen molar-refractivity contribution in [1.29, 1.82) is 0 Å². The number of guanidine groups is 1. The third-order valence-corrected chi connectivity index (χ3v) is 5.37. The topological polar surface area (TPSA) is 77.0 Å². The van der Waals surface area contributed by atoms with Crippen molar-refractivity contribution in [2.24, 2.45) is 10.4 Å². The smallest absolute Gasteiger partial charge is 0.242 e. The standard InChI is InChI=1S/C19H35N5O2.HI/c1-15(2)22-16(25)12-20-18(21-13-17(26)23(3)4)24-11-10-19(14-24)8-6-5-7-9-19;/h15H,5-14H2,1-4H3,(H,20,21)(H,22,25);1H. The lowest BCUT2D eigenvalue weighted by Gasteiger charge is -2.33. The van der Waals surface area contributed by atoms with Gasteiger partial charge in [0.25, 0.3) is 0 Å². The van der Waals surface area contributed by atoms with Crippen molar-refractivity contribution in [2.45, 2.75) is 58.4 Å². The van der Waals surface area contributed by atoms with Crippen molar-refractivity contribution >= 4 is 41.8 Å². The summed E-state index contributed by atoms with van der Waals surface area (Å²) in [6.45, 7) is 6.06. The van der Waals surface area contributed by atoms with E-state index in [9.17, 15) is 9.59 Å². The first-order valence-corrected chi connectivity index (χ1v) is 9.84. The lowest BCUT2D eigenvalue weighted by molar-refractivity contribution is -0.127. The number of hydrogen-bond acceptors (Lipinski definition) is 3. The number of likely N-dealkylation sites (tertiary alicyclic amines) is 1. The number of carbonyl (C=O) groups excluding carboxylic acids is 2. The first-order chi connectivity index (χ1) is 12.3. The molecule has 0 aromatic rings. The summed E-state index contributed by atoms with van der Waals surface area (Å²) in [5, 5.41) is 6.04. The third-order valence-electron chi connectivity index (χ3n) is 5.37. The van der Waals surface area contributed by atoms with Crippen LogP contribution < -0.4 is 10.6 Å². The van der Waals surface area contributed by atoms with Gasteiger partial charge in [0.15, 0.2) is 5.96 Å². The summed E-state index contributed by atoms with van der Waals surface area (Å²) in [6, 6.07) is 0.0988. The molecule has 8 heteroatoms. The van der Waals surface area contributed by atoms with Crippen LogP contribution in [0.1, 0.15) is 52.4 Å². The molecule has 2 aliphatic rings. The number of rotatable bonds is 5. The van der Waals surface area contributed by atoms with E-state index in [1.165, 1.54) is 38.5 Å². The summed E-state index contributed by atoms with van der Waals surface area (Å²) in [4.78, 5) is 32.2. The number of hydrogen-bond donors (Lipinski definition) is 2. The molecule has 0 radical (unpaired) electrons. The van der Waals surface area contributed by atoms with E-state index >= 15 is 0 Å². The largest absolute Gasteiger partial charge is 0.352 e. The molecule has 156 valence electrons. The van der Waals surface area contributed by atoms with Gasteiger partial charge in [-0.25, -0.2) is 4.99 Å². The van der Waals surface area contributed by atoms with Gasteiger partial charge < -0.3 is 20.4 Å². The van der Waals surface area contributed by atoms with Crippen LogP contribution in [0.3, 0.4) is 0 Å². The maximum atomic E-state index is 12.0. The fraction of sp³-hybridized carbons (Fsp3) is 0.842. The monoisotopic (exact) mass is 493 g/mol. The molecule has 1 aliphatic heterocycles. The zero-order valence-corrected chi connectivity index (χ0v) is 19.5. The van der Waals surface area contributed by atoms with Crippen LogP contribution in [0, 0.1) is 5.41 Å². The van der Waals surface area contributed by atoms with Crippen LogP contribution in [-0.2, 0) is 9.59 Å². The van der Waals surface area contributed by atoms with E-state index in [0.717, 1.165) is 13.1 Å². The number of aliphatic imine (C=N–C) groups is 1. The number of carbonyl (C=O) groups is 2. The third kappa shape index (κ3) is 7.46. The van der Waals surface area contributed by atoms with Crippen molar-refractivity contribution in [3.05, 3.63) is 0 Å². The minimum atomic E-state index is -0.0928. The summed E-state index contributed by atoms with van der Waals surface area (Å²) in [5.74, 6) is 0.585. The second-order valence-electron chi connectivity index (χ2n) is 8.24. The minimum absolute atomic E-state index is 0. The molecule has 0 unspecified atom stereocenters. The molecule has 0 aromatic carbocycles. The Bertz CT molecular complexity index is 530. The molecule has 1 heterocycles. The van der Waals surface area contributed by atoms with Gasteiger partial charge in [0, 0.05) is 33.2 Å². The predicted molar refractivity (Wildman–Crippen MR) is 119 cm³/mol. The van der Waals surface area contributed by atoms with Crippen LogP contribution in [0.2, 0.25) is 0 Å². The molecule has 1 spiro atoms. The first-order valence-electron chi connectivity index (χ1n) is 9.84. The molecule has 1 saturated heterocycles. The van der Waals surface area contributed by atoms with Crippen molar-refractivity contribution in [2.75, 3.05) is 40.3 Å². The molecule has 0 aromatic heterocycles. The zero-order valence-electron chi connectivity index (χ0n) is 17.2. The highest BCUT2D eigenvalue weighted by Gasteiger charge is 2.39. The highest BCUT2D eigenvalue weighted by molar-refractivity contribution is 14.0. The highest BCUT2D eigenvalue weighted by Crippen LogP contribution is 2.43. The van der Waals surface area contributed by atoms with Crippen molar-refractivity contribution in [1.82, 2.24) is 20.4 Å². The van der Waals surface area contributed by atoms with E-state index in [2.05, 4.69) is 20.5 Å². The second-order valence-corrected chi connectivity index (χ2v) is 8.24. The number of likely N-dealkylation sites (N-methyl/N-ethyl adjacent to an activating group) is 1. The SMILES string of the molecule is CC(C)NC(=O)CN=C(NCC(=O)N(C)C)N1CCC2(CCCCC2)C1.I. The van der Waals surface area contributed by atoms with Gasteiger partial charge in [-0.05, 0) is 38.5 Å². The molecular weight excluding hydrogens is 457 g/mol. The van der Waals surface area contributed by atoms with Crippen LogP contribution in [0.25, 0.3) is 0 Å². The Morgan fingerprint density at radius 1 is 1.15 bits per heavy atom. The van der Waals surface area contributed by atoms with E-state index < -0.39 is 0 Å². The van der Waals surface area contributed by atoms with Gasteiger partial charge in [0.1, 0.15) is 6.54 Å². The maximum absolute atomic E-state index is 12.0. The van der Waals surface area contributed by atoms with Crippen molar-refractivity contribution in [3.63, 3.8) is 0 Å². The van der Waals surface area contributed by atoms with Gasteiger partial charge in [-0.3, -0.25) is 9.59 Å². The lowest BCUT2D eigenvalue weighted by atomic mass is 9.73. The fourth-order valence-corrected chi connectivity index (χ4v) is 3.92. The molecule has 1 aliphatic carbocycles. The Morgan fingerprint density at radius 3 is 2.41 bits per heavy atom. The van der Waals surface area contributed by atoms with Gasteiger partial charge in [0.2, 0.25) is 11.8 Å². The van der Waals surface area contributed by atoms with E-state index in [1.807, 2.05) is 13.8 Å². The van der Waals surface area contributed by atoms with Gasteiger partial charge in [-0.2, -0.15) is 0 Å². The number of nitrogens with one attached hydrogen (secondary N) is 2. The van der Waals surface area contributed by atoms with E-state index in [1.54, 1.807) is 19.0 Å². The Morgan fingerprint density at radius 2 is 1.81 bits per heavy atom. The summed E-state index contributed by atoms with van der Waals surface area (Å²) in [6.07, 6.45) is 7.69. The Labute approximate surface area is 180 Å². The van der Waals surface area contributed by atoms with Gasteiger partial charge >= 0.3 is 0 Å². The van der Waals surface area contributed by atoms with E-state index in [4.69, 9.17) is 0 Å². The van der Waals surface area contributed by atoms with Gasteiger partial charge in [-0.1, -0.05) is 19.3 Å². The molecule has 2 N–H and O–H groups in total. The van der Waals surface area contributed by atoms with Crippen LogP contribution >= 0.6 is 24.0 Å². The number of amides is 2. The predicted octanol–water partition coefficient (Wildman–Crippen LogP) is 1.82. The van der Waals surface area contributed by atoms with Crippen LogP contribution in [0.4, 0.5) is 0 Å². The molecular formula is C19H36IN5O2. The molecule has 2 amide bonds. The van der Waals surface area contributed by atoms with Gasteiger partial charge in [-0.15, -0.1) is 24.0 Å². The summed E-state index contributed by atoms with van der Waals surface area (Å²) < 4.78 is 0. The zero-order chi connectivity index (χ0) is 19.2. The quantitative estimate of drug-likeness (QED) is 0.348. The molecule has 0 atom stereocenters. The summed E-state index contributed by atoms with van der Waals surface area (Å²) >= 11 is 0. The number of halogens is 1. The van der Waals surface area contributed by atoms with Crippen molar-refractivity contribution in [3.8, 4) is 0 Å². The summed E-state index contributed by atoms with van der Waals surface area (Å²) in [5.41, 5.74) is 0.395. The second kappa shape index (κ2) is 11.1. The normalized spacial score (nSPS) is 19.0. The molecule has 27 heavy (non-hydrogen) atoms. The van der Waals surface area contributed by atoms with E-state index in [-0.39, 0.29) is 54.9 Å². The lowest BCUT2D eigenvalue weighted by Crippen LogP contribution is -2.46.